The van der Waals surface area contributed by atoms with Crippen molar-refractivity contribution in [1.29, 1.82) is 0 Å². The second kappa shape index (κ2) is 6.89. The van der Waals surface area contributed by atoms with Crippen LogP contribution in [0.25, 0.3) is 0 Å². The van der Waals surface area contributed by atoms with Crippen molar-refractivity contribution >= 4 is 5.91 Å². The van der Waals surface area contributed by atoms with Gasteiger partial charge in [-0.2, -0.15) is 0 Å². The zero-order valence-corrected chi connectivity index (χ0v) is 13.8. The lowest BCUT2D eigenvalue weighted by Gasteiger charge is -2.50. The van der Waals surface area contributed by atoms with E-state index in [4.69, 9.17) is 13.9 Å². The van der Waals surface area contributed by atoms with Gasteiger partial charge in [-0.05, 0) is 38.3 Å². The number of likely N-dealkylation sites (tertiary alicyclic amines) is 1. The minimum atomic E-state index is -0.114. The first-order valence-electron chi connectivity index (χ1n) is 8.30. The minimum Gasteiger partial charge on any atom is -0.456 e. The van der Waals surface area contributed by atoms with Gasteiger partial charge in [-0.15, -0.1) is 6.58 Å². The van der Waals surface area contributed by atoms with Gasteiger partial charge < -0.3 is 18.8 Å². The smallest absolute Gasteiger partial charge is 0.289 e. The third-order valence-corrected chi connectivity index (χ3v) is 4.85. The number of amides is 1. The van der Waals surface area contributed by atoms with Gasteiger partial charge in [-0.1, -0.05) is 6.08 Å². The summed E-state index contributed by atoms with van der Waals surface area (Å²) in [6, 6.07) is 3.58. The average Bonchev–Trinajstić information content (AvgIpc) is 3.00. The van der Waals surface area contributed by atoms with E-state index in [1.807, 2.05) is 17.9 Å². The van der Waals surface area contributed by atoms with Crippen LogP contribution in [0.4, 0.5) is 0 Å². The van der Waals surface area contributed by atoms with Crippen molar-refractivity contribution in [3.05, 3.63) is 36.3 Å². The van der Waals surface area contributed by atoms with E-state index in [-0.39, 0.29) is 17.4 Å². The number of carbonyl (C=O) groups is 1. The fraction of sp³-hybridized carbons (Fsp3) is 0.611. The third-order valence-electron chi connectivity index (χ3n) is 4.85. The second-order valence-electron chi connectivity index (χ2n) is 6.55. The SMILES string of the molecule is C=CCOC[C@]12CCCO[C@H]1CCN(C(=O)c1ccc(C)o1)C2. The number of hydrogen-bond acceptors (Lipinski definition) is 4. The maximum atomic E-state index is 12.7. The molecule has 0 bridgehead atoms. The summed E-state index contributed by atoms with van der Waals surface area (Å²) in [6.07, 6.45) is 4.81. The van der Waals surface area contributed by atoms with Gasteiger partial charge in [-0.3, -0.25) is 4.79 Å². The van der Waals surface area contributed by atoms with Crippen molar-refractivity contribution in [1.82, 2.24) is 4.90 Å². The van der Waals surface area contributed by atoms with Crippen LogP contribution in [0.15, 0.2) is 29.2 Å². The number of rotatable bonds is 5. The van der Waals surface area contributed by atoms with Crippen molar-refractivity contribution in [3.8, 4) is 0 Å². The van der Waals surface area contributed by atoms with Gasteiger partial charge >= 0.3 is 0 Å². The monoisotopic (exact) mass is 319 g/mol. The molecule has 0 aromatic carbocycles. The maximum absolute atomic E-state index is 12.7. The highest BCUT2D eigenvalue weighted by atomic mass is 16.5. The number of piperidine rings is 1. The zero-order chi connectivity index (χ0) is 16.3. The minimum absolute atomic E-state index is 0.0368. The van der Waals surface area contributed by atoms with E-state index in [9.17, 15) is 4.79 Å². The van der Waals surface area contributed by atoms with Crippen molar-refractivity contribution in [2.45, 2.75) is 32.3 Å². The van der Waals surface area contributed by atoms with Crippen LogP contribution in [0.3, 0.4) is 0 Å². The molecule has 2 fully saturated rings. The number of hydrogen-bond donors (Lipinski definition) is 0. The standard InChI is InChI=1S/C18H25NO4/c1-3-10-21-13-18-8-4-11-22-16(18)7-9-19(12-18)17(20)15-6-5-14(2)23-15/h3,5-6,16H,1,4,7-13H2,2H3/t16-,18+/m0/s1. The van der Waals surface area contributed by atoms with E-state index in [0.29, 0.717) is 32.1 Å². The second-order valence-corrected chi connectivity index (χ2v) is 6.55. The van der Waals surface area contributed by atoms with Gasteiger partial charge in [-0.25, -0.2) is 0 Å². The first-order valence-corrected chi connectivity index (χ1v) is 8.30. The molecular formula is C18H25NO4. The van der Waals surface area contributed by atoms with Crippen LogP contribution in [-0.2, 0) is 9.47 Å². The summed E-state index contributed by atoms with van der Waals surface area (Å²) in [5.74, 6) is 1.14. The number of furan rings is 1. The van der Waals surface area contributed by atoms with Crippen LogP contribution >= 0.6 is 0 Å². The van der Waals surface area contributed by atoms with Gasteiger partial charge in [0.1, 0.15) is 5.76 Å². The quantitative estimate of drug-likeness (QED) is 0.618. The lowest BCUT2D eigenvalue weighted by molar-refractivity contribution is -0.145. The molecule has 2 aliphatic heterocycles. The lowest BCUT2D eigenvalue weighted by Crippen LogP contribution is -2.58. The molecule has 0 N–H and O–H groups in total. The van der Waals surface area contributed by atoms with E-state index in [1.54, 1.807) is 12.1 Å². The van der Waals surface area contributed by atoms with Crippen LogP contribution in [0.2, 0.25) is 0 Å². The molecule has 0 saturated carbocycles. The maximum Gasteiger partial charge on any atom is 0.289 e. The highest BCUT2D eigenvalue weighted by Crippen LogP contribution is 2.40. The molecule has 0 radical (unpaired) electrons. The topological polar surface area (TPSA) is 51.9 Å². The van der Waals surface area contributed by atoms with Crippen LogP contribution in [0.5, 0.6) is 0 Å². The number of carbonyl (C=O) groups excluding carboxylic acids is 1. The summed E-state index contributed by atoms with van der Waals surface area (Å²) in [5, 5.41) is 0. The molecule has 1 aromatic heterocycles. The number of nitrogens with zero attached hydrogens (tertiary/aromatic N) is 1. The van der Waals surface area contributed by atoms with Gasteiger partial charge in [0.25, 0.3) is 5.91 Å². The number of aryl methyl sites for hydroxylation is 1. The van der Waals surface area contributed by atoms with Crippen molar-refractivity contribution in [2.75, 3.05) is 32.9 Å². The van der Waals surface area contributed by atoms with Crippen LogP contribution in [0.1, 0.15) is 35.6 Å². The Labute approximate surface area is 137 Å². The summed E-state index contributed by atoms with van der Waals surface area (Å²) in [4.78, 5) is 14.6. The van der Waals surface area contributed by atoms with E-state index in [0.717, 1.165) is 31.6 Å². The largest absolute Gasteiger partial charge is 0.456 e. The molecule has 2 aliphatic rings. The fourth-order valence-electron chi connectivity index (χ4n) is 3.73. The molecule has 0 unspecified atom stereocenters. The van der Waals surface area contributed by atoms with Crippen LogP contribution in [0, 0.1) is 12.3 Å². The van der Waals surface area contributed by atoms with Crippen molar-refractivity contribution < 1.29 is 18.7 Å². The molecule has 126 valence electrons. The normalized spacial score (nSPS) is 27.5. The third kappa shape index (κ3) is 3.35. The Morgan fingerprint density at radius 3 is 3.17 bits per heavy atom. The van der Waals surface area contributed by atoms with E-state index in [1.165, 1.54) is 0 Å². The molecule has 0 spiro atoms. The van der Waals surface area contributed by atoms with E-state index < -0.39 is 0 Å². The first kappa shape index (κ1) is 16.3. The van der Waals surface area contributed by atoms with Crippen LogP contribution in [-0.4, -0.2) is 49.8 Å². The summed E-state index contributed by atoms with van der Waals surface area (Å²) in [6.45, 7) is 8.84. The highest BCUT2D eigenvalue weighted by Gasteiger charge is 2.47. The van der Waals surface area contributed by atoms with Crippen molar-refractivity contribution in [3.63, 3.8) is 0 Å². The molecule has 1 amide bonds. The Balaban J connectivity index is 1.74. The predicted octanol–water partition coefficient (Wildman–Crippen LogP) is 2.80. The molecule has 23 heavy (non-hydrogen) atoms. The Bertz CT molecular complexity index is 567. The first-order chi connectivity index (χ1) is 11.1. The van der Waals surface area contributed by atoms with E-state index in [2.05, 4.69) is 6.58 Å². The van der Waals surface area contributed by atoms with E-state index >= 15 is 0 Å². The van der Waals surface area contributed by atoms with Crippen molar-refractivity contribution in [2.24, 2.45) is 5.41 Å². The lowest BCUT2D eigenvalue weighted by atomic mass is 9.73. The summed E-state index contributed by atoms with van der Waals surface area (Å²) in [5.41, 5.74) is -0.114. The summed E-state index contributed by atoms with van der Waals surface area (Å²) >= 11 is 0. The van der Waals surface area contributed by atoms with Gasteiger partial charge in [0.05, 0.1) is 19.3 Å². The summed E-state index contributed by atoms with van der Waals surface area (Å²) in [7, 11) is 0. The molecule has 3 heterocycles. The zero-order valence-electron chi connectivity index (χ0n) is 13.8. The predicted molar refractivity (Wildman–Crippen MR) is 86.4 cm³/mol. The average molecular weight is 319 g/mol. The molecule has 0 aliphatic carbocycles. The molecule has 3 rings (SSSR count). The molecule has 2 saturated heterocycles. The van der Waals surface area contributed by atoms with Gasteiger partial charge in [0, 0.05) is 25.1 Å². The molecule has 1 aromatic rings. The van der Waals surface area contributed by atoms with Gasteiger partial charge in [0.2, 0.25) is 0 Å². The van der Waals surface area contributed by atoms with Gasteiger partial charge in [0.15, 0.2) is 5.76 Å². The Morgan fingerprint density at radius 2 is 2.43 bits per heavy atom. The number of fused-ring (bicyclic) bond motifs is 1. The molecule has 5 heteroatoms. The molecular weight excluding hydrogens is 294 g/mol. The molecule has 2 atom stereocenters. The Hall–Kier alpha value is -1.59. The fourth-order valence-corrected chi connectivity index (χ4v) is 3.73. The highest BCUT2D eigenvalue weighted by molar-refractivity contribution is 5.91. The summed E-state index contributed by atoms with van der Waals surface area (Å²) < 4.78 is 17.2. The van der Waals surface area contributed by atoms with Crippen LogP contribution < -0.4 is 0 Å². The molecule has 5 nitrogen and oxygen atoms in total. The Morgan fingerprint density at radius 1 is 1.57 bits per heavy atom. The number of ether oxygens (including phenoxy) is 2. The Kier molecular flexibility index (Phi) is 4.87.